The van der Waals surface area contributed by atoms with Crippen LogP contribution in [0.3, 0.4) is 0 Å². The Kier molecular flexibility index (Phi) is 5.60. The van der Waals surface area contributed by atoms with Crippen LogP contribution in [0.1, 0.15) is 23.2 Å². The summed E-state index contributed by atoms with van der Waals surface area (Å²) >= 11 is 5.97. The zero-order valence-electron chi connectivity index (χ0n) is 13.9. The average molecular weight is 397 g/mol. The van der Waals surface area contributed by atoms with Crippen LogP contribution in [0.15, 0.2) is 53.4 Å². The van der Waals surface area contributed by atoms with Crippen LogP contribution in [0.5, 0.6) is 0 Å². The zero-order chi connectivity index (χ0) is 18.7. The molecule has 1 N–H and O–H groups in total. The van der Waals surface area contributed by atoms with Crippen LogP contribution in [0, 0.1) is 5.82 Å². The van der Waals surface area contributed by atoms with Crippen molar-refractivity contribution in [2.24, 2.45) is 0 Å². The minimum Gasteiger partial charge on any atom is -0.338 e. The third kappa shape index (κ3) is 4.06. The van der Waals surface area contributed by atoms with E-state index in [1.807, 2.05) is 0 Å². The van der Waals surface area contributed by atoms with E-state index in [4.69, 9.17) is 11.6 Å². The lowest BCUT2D eigenvalue weighted by Crippen LogP contribution is -2.46. The number of piperidine rings is 1. The Morgan fingerprint density at radius 2 is 1.69 bits per heavy atom. The number of halogens is 2. The smallest absolute Gasteiger partial charge is 0.256 e. The third-order valence-electron chi connectivity index (χ3n) is 4.33. The van der Waals surface area contributed by atoms with Gasteiger partial charge in [0.2, 0.25) is 10.0 Å². The van der Waals surface area contributed by atoms with Crippen LogP contribution < -0.4 is 4.72 Å². The lowest BCUT2D eigenvalue weighted by Gasteiger charge is -2.32. The summed E-state index contributed by atoms with van der Waals surface area (Å²) in [5.74, 6) is -0.936. The van der Waals surface area contributed by atoms with Crippen molar-refractivity contribution in [3.8, 4) is 0 Å². The monoisotopic (exact) mass is 396 g/mol. The van der Waals surface area contributed by atoms with E-state index in [0.717, 1.165) is 0 Å². The standard InChI is InChI=1S/C18H18ClFN2O3S/c19-15-6-2-4-8-17(15)26(24,25)21-13-9-11-22(12-10-13)18(23)14-5-1-3-7-16(14)20/h1-8,13,21H,9-12H2. The number of amides is 1. The molecule has 0 spiro atoms. The number of nitrogens with zero attached hydrogens (tertiary/aromatic N) is 1. The molecule has 1 heterocycles. The van der Waals surface area contributed by atoms with Gasteiger partial charge in [-0.15, -0.1) is 0 Å². The first-order valence-corrected chi connectivity index (χ1v) is 10.1. The van der Waals surface area contributed by atoms with E-state index < -0.39 is 15.8 Å². The first-order chi connectivity index (χ1) is 12.4. The van der Waals surface area contributed by atoms with Crippen molar-refractivity contribution in [3.63, 3.8) is 0 Å². The van der Waals surface area contributed by atoms with E-state index in [1.54, 1.807) is 23.1 Å². The average Bonchev–Trinajstić information content (AvgIpc) is 2.62. The fraction of sp³-hybridized carbons (Fsp3) is 0.278. The topological polar surface area (TPSA) is 66.5 Å². The molecule has 1 amide bonds. The number of rotatable bonds is 4. The Labute approximate surface area is 156 Å². The molecular formula is C18H18ClFN2O3S. The molecule has 0 aliphatic carbocycles. The molecule has 26 heavy (non-hydrogen) atoms. The van der Waals surface area contributed by atoms with Gasteiger partial charge >= 0.3 is 0 Å². The third-order valence-corrected chi connectivity index (χ3v) is 6.35. The Balaban J connectivity index is 1.63. The fourth-order valence-electron chi connectivity index (χ4n) is 2.95. The second-order valence-electron chi connectivity index (χ2n) is 6.10. The normalized spacial score (nSPS) is 15.8. The summed E-state index contributed by atoms with van der Waals surface area (Å²) in [5.41, 5.74) is 0.0302. The molecule has 138 valence electrons. The summed E-state index contributed by atoms with van der Waals surface area (Å²) in [6, 6.07) is 11.8. The van der Waals surface area contributed by atoms with Crippen molar-refractivity contribution in [2.75, 3.05) is 13.1 Å². The Morgan fingerprint density at radius 3 is 2.35 bits per heavy atom. The summed E-state index contributed by atoms with van der Waals surface area (Å²) in [6.07, 6.45) is 0.897. The van der Waals surface area contributed by atoms with Gasteiger partial charge in [-0.1, -0.05) is 35.9 Å². The molecule has 0 aromatic heterocycles. The van der Waals surface area contributed by atoms with E-state index in [0.29, 0.717) is 25.9 Å². The van der Waals surface area contributed by atoms with E-state index in [9.17, 15) is 17.6 Å². The summed E-state index contributed by atoms with van der Waals surface area (Å²) in [5, 5.41) is 0.159. The van der Waals surface area contributed by atoms with Gasteiger partial charge in [0.15, 0.2) is 0 Å². The van der Waals surface area contributed by atoms with Gasteiger partial charge in [0, 0.05) is 19.1 Å². The minimum absolute atomic E-state index is 0.0302. The lowest BCUT2D eigenvalue weighted by atomic mass is 10.0. The van der Waals surface area contributed by atoms with Crippen LogP contribution in [0.4, 0.5) is 4.39 Å². The molecule has 0 atom stereocenters. The van der Waals surface area contributed by atoms with Crippen molar-refractivity contribution in [3.05, 3.63) is 64.9 Å². The molecule has 2 aromatic rings. The molecule has 0 radical (unpaired) electrons. The number of carbonyl (C=O) groups excluding carboxylic acids is 1. The number of benzene rings is 2. The van der Waals surface area contributed by atoms with Gasteiger partial charge in [-0.2, -0.15) is 0 Å². The maximum Gasteiger partial charge on any atom is 0.256 e. The summed E-state index contributed by atoms with van der Waals surface area (Å²) in [4.78, 5) is 14.0. The molecule has 1 aliphatic rings. The van der Waals surface area contributed by atoms with E-state index >= 15 is 0 Å². The van der Waals surface area contributed by atoms with Gasteiger partial charge in [-0.3, -0.25) is 4.79 Å². The predicted octanol–water partition coefficient (Wildman–Crippen LogP) is 3.06. The molecule has 1 aliphatic heterocycles. The number of likely N-dealkylation sites (tertiary alicyclic amines) is 1. The number of sulfonamides is 1. The van der Waals surface area contributed by atoms with Crippen LogP contribution in [0.25, 0.3) is 0 Å². The molecule has 1 fully saturated rings. The molecule has 2 aromatic carbocycles. The quantitative estimate of drug-likeness (QED) is 0.863. The molecule has 3 rings (SSSR count). The maximum atomic E-state index is 13.8. The Hall–Kier alpha value is -1.96. The van der Waals surface area contributed by atoms with Crippen LogP contribution in [0.2, 0.25) is 5.02 Å². The van der Waals surface area contributed by atoms with Crippen molar-refractivity contribution < 1.29 is 17.6 Å². The first kappa shape index (κ1) is 18.8. The van der Waals surface area contributed by atoms with E-state index in [1.165, 1.54) is 30.3 Å². The highest BCUT2D eigenvalue weighted by atomic mass is 35.5. The highest BCUT2D eigenvalue weighted by Gasteiger charge is 2.28. The second kappa shape index (κ2) is 7.73. The first-order valence-electron chi connectivity index (χ1n) is 8.19. The maximum absolute atomic E-state index is 13.8. The van der Waals surface area contributed by atoms with E-state index in [2.05, 4.69) is 4.72 Å². The predicted molar refractivity (Wildman–Crippen MR) is 97.1 cm³/mol. The van der Waals surface area contributed by atoms with Crippen molar-refractivity contribution in [1.82, 2.24) is 9.62 Å². The van der Waals surface area contributed by atoms with Crippen LogP contribution in [-0.4, -0.2) is 38.4 Å². The van der Waals surface area contributed by atoms with Crippen molar-refractivity contribution in [1.29, 1.82) is 0 Å². The number of hydrogen-bond donors (Lipinski definition) is 1. The molecule has 5 nitrogen and oxygen atoms in total. The Morgan fingerprint density at radius 1 is 1.08 bits per heavy atom. The van der Waals surface area contributed by atoms with Gasteiger partial charge in [0.05, 0.1) is 10.6 Å². The largest absolute Gasteiger partial charge is 0.338 e. The fourth-order valence-corrected chi connectivity index (χ4v) is 4.78. The molecule has 0 bridgehead atoms. The van der Waals surface area contributed by atoms with Gasteiger partial charge < -0.3 is 4.90 Å². The van der Waals surface area contributed by atoms with Gasteiger partial charge in [0.1, 0.15) is 10.7 Å². The van der Waals surface area contributed by atoms with Gasteiger partial charge in [-0.05, 0) is 37.1 Å². The number of nitrogens with one attached hydrogen (secondary N) is 1. The van der Waals surface area contributed by atoms with Crippen LogP contribution in [-0.2, 0) is 10.0 Å². The summed E-state index contributed by atoms with van der Waals surface area (Å²) in [6.45, 7) is 0.700. The summed E-state index contributed by atoms with van der Waals surface area (Å²) in [7, 11) is -3.73. The minimum atomic E-state index is -3.73. The Bertz CT molecular complexity index is 912. The van der Waals surface area contributed by atoms with Crippen molar-refractivity contribution in [2.45, 2.75) is 23.8 Å². The summed E-state index contributed by atoms with van der Waals surface area (Å²) < 4.78 is 41.4. The van der Waals surface area contributed by atoms with Gasteiger partial charge in [-0.25, -0.2) is 17.5 Å². The van der Waals surface area contributed by atoms with Crippen molar-refractivity contribution >= 4 is 27.5 Å². The second-order valence-corrected chi connectivity index (χ2v) is 8.19. The van der Waals surface area contributed by atoms with E-state index in [-0.39, 0.29) is 27.4 Å². The van der Waals surface area contributed by atoms with Gasteiger partial charge in [0.25, 0.3) is 5.91 Å². The molecule has 0 unspecified atom stereocenters. The number of hydrogen-bond acceptors (Lipinski definition) is 3. The van der Waals surface area contributed by atoms with Crippen LogP contribution >= 0.6 is 11.6 Å². The number of carbonyl (C=O) groups is 1. The SMILES string of the molecule is O=C(c1ccccc1F)N1CCC(NS(=O)(=O)c2ccccc2Cl)CC1. The molecule has 8 heteroatoms. The molecule has 0 saturated carbocycles. The highest BCUT2D eigenvalue weighted by molar-refractivity contribution is 7.89. The molecule has 1 saturated heterocycles. The highest BCUT2D eigenvalue weighted by Crippen LogP contribution is 2.22. The lowest BCUT2D eigenvalue weighted by molar-refractivity contribution is 0.0706. The molecular weight excluding hydrogens is 379 g/mol. The zero-order valence-corrected chi connectivity index (χ0v) is 15.4.